The number of nitrogens with zero attached hydrogens (tertiary/aromatic N) is 2. The molecule has 26 heavy (non-hydrogen) atoms. The molecule has 1 aromatic rings. The van der Waals surface area contributed by atoms with Crippen molar-refractivity contribution in [3.63, 3.8) is 0 Å². The molecular weight excluding hydrogens is 354 g/mol. The highest BCUT2D eigenvalue weighted by Gasteiger charge is 2.44. The van der Waals surface area contributed by atoms with Gasteiger partial charge in [-0.25, -0.2) is 4.79 Å². The third-order valence-electron chi connectivity index (χ3n) is 4.65. The minimum absolute atomic E-state index is 0.0547. The average molecular weight is 377 g/mol. The van der Waals surface area contributed by atoms with Gasteiger partial charge in [0.1, 0.15) is 18.7 Å². The standard InChI is InChI=1S/C18H23N3O4S/c1-26-10-7-14-17(23)21-9-8-20(11-15(21)16(22)19-14)18(24)25-12-13-5-3-2-4-6-13/h2-6,14-15H,7-12H2,1H3,(H,19,22)/t14-,15-/m1/s1. The second kappa shape index (κ2) is 8.44. The number of hydrogen-bond acceptors (Lipinski definition) is 5. The lowest BCUT2D eigenvalue weighted by Crippen LogP contribution is -2.69. The van der Waals surface area contributed by atoms with Gasteiger partial charge in [0.2, 0.25) is 11.8 Å². The summed E-state index contributed by atoms with van der Waals surface area (Å²) < 4.78 is 5.33. The first-order chi connectivity index (χ1) is 12.6. The molecule has 0 radical (unpaired) electrons. The first-order valence-electron chi connectivity index (χ1n) is 8.65. The van der Waals surface area contributed by atoms with Gasteiger partial charge in [0.25, 0.3) is 0 Å². The number of rotatable bonds is 5. The van der Waals surface area contributed by atoms with E-state index in [1.165, 1.54) is 4.90 Å². The number of fused-ring (bicyclic) bond motifs is 1. The summed E-state index contributed by atoms with van der Waals surface area (Å²) in [7, 11) is 0. The largest absolute Gasteiger partial charge is 0.445 e. The van der Waals surface area contributed by atoms with Crippen LogP contribution in [0, 0.1) is 0 Å². The van der Waals surface area contributed by atoms with Crippen LogP contribution >= 0.6 is 11.8 Å². The fourth-order valence-corrected chi connectivity index (χ4v) is 3.68. The van der Waals surface area contributed by atoms with Crippen LogP contribution < -0.4 is 5.32 Å². The molecule has 0 aliphatic carbocycles. The van der Waals surface area contributed by atoms with Crippen molar-refractivity contribution in [3.8, 4) is 0 Å². The van der Waals surface area contributed by atoms with Gasteiger partial charge in [0.15, 0.2) is 0 Å². The summed E-state index contributed by atoms with van der Waals surface area (Å²) >= 11 is 1.64. The molecule has 0 unspecified atom stereocenters. The summed E-state index contributed by atoms with van der Waals surface area (Å²) in [5.41, 5.74) is 0.904. The van der Waals surface area contributed by atoms with E-state index in [0.717, 1.165) is 11.3 Å². The van der Waals surface area contributed by atoms with Crippen LogP contribution in [0.1, 0.15) is 12.0 Å². The van der Waals surface area contributed by atoms with E-state index in [1.807, 2.05) is 36.6 Å². The van der Waals surface area contributed by atoms with Gasteiger partial charge in [-0.3, -0.25) is 9.59 Å². The molecule has 3 rings (SSSR count). The maximum atomic E-state index is 12.6. The van der Waals surface area contributed by atoms with Crippen LogP contribution in [0.4, 0.5) is 4.79 Å². The summed E-state index contributed by atoms with van der Waals surface area (Å²) in [6.07, 6.45) is 2.13. The van der Waals surface area contributed by atoms with Crippen LogP contribution in [0.15, 0.2) is 30.3 Å². The first-order valence-corrected chi connectivity index (χ1v) is 10.0. The van der Waals surface area contributed by atoms with Crippen molar-refractivity contribution in [1.82, 2.24) is 15.1 Å². The Labute approximate surface area is 157 Å². The van der Waals surface area contributed by atoms with Crippen LogP contribution in [0.25, 0.3) is 0 Å². The number of thioether (sulfide) groups is 1. The lowest BCUT2D eigenvalue weighted by Gasteiger charge is -2.44. The minimum atomic E-state index is -0.633. The predicted molar refractivity (Wildman–Crippen MR) is 98.6 cm³/mol. The maximum absolute atomic E-state index is 12.6. The van der Waals surface area contributed by atoms with E-state index in [4.69, 9.17) is 4.74 Å². The van der Waals surface area contributed by atoms with Gasteiger partial charge >= 0.3 is 6.09 Å². The van der Waals surface area contributed by atoms with E-state index < -0.39 is 18.2 Å². The van der Waals surface area contributed by atoms with Crippen molar-refractivity contribution in [2.75, 3.05) is 31.6 Å². The number of hydrogen-bond donors (Lipinski definition) is 1. The van der Waals surface area contributed by atoms with Crippen LogP contribution in [0.3, 0.4) is 0 Å². The molecular formula is C18H23N3O4S. The van der Waals surface area contributed by atoms with E-state index in [9.17, 15) is 14.4 Å². The van der Waals surface area contributed by atoms with Crippen LogP contribution in [-0.4, -0.2) is 71.4 Å². The van der Waals surface area contributed by atoms with Crippen molar-refractivity contribution in [2.45, 2.75) is 25.1 Å². The summed E-state index contributed by atoms with van der Waals surface area (Å²) in [6, 6.07) is 8.34. The SMILES string of the molecule is CSCC[C@H]1NC(=O)[C@H]2CN(C(=O)OCc3ccccc3)CCN2C1=O. The Morgan fingerprint density at radius 1 is 1.27 bits per heavy atom. The predicted octanol–water partition coefficient (Wildman–Crippen LogP) is 1.09. The van der Waals surface area contributed by atoms with Gasteiger partial charge in [-0.1, -0.05) is 30.3 Å². The lowest BCUT2D eigenvalue weighted by atomic mass is 10.0. The number of carbonyl (C=O) groups is 3. The van der Waals surface area contributed by atoms with Gasteiger partial charge in [0.05, 0.1) is 6.54 Å². The number of ether oxygens (including phenoxy) is 1. The minimum Gasteiger partial charge on any atom is -0.445 e. The maximum Gasteiger partial charge on any atom is 0.410 e. The number of carbonyl (C=O) groups excluding carboxylic acids is 3. The third-order valence-corrected chi connectivity index (χ3v) is 5.30. The van der Waals surface area contributed by atoms with Gasteiger partial charge < -0.3 is 19.9 Å². The molecule has 1 N–H and O–H groups in total. The first kappa shape index (κ1) is 18.6. The Kier molecular flexibility index (Phi) is 6.03. The molecule has 0 aromatic heterocycles. The Hall–Kier alpha value is -2.22. The molecule has 7 nitrogen and oxygen atoms in total. The smallest absolute Gasteiger partial charge is 0.410 e. The number of piperazine rings is 2. The highest BCUT2D eigenvalue weighted by Crippen LogP contribution is 2.19. The van der Waals surface area contributed by atoms with Crippen LogP contribution in [0.2, 0.25) is 0 Å². The number of nitrogens with one attached hydrogen (secondary N) is 1. The van der Waals surface area contributed by atoms with Gasteiger partial charge in [0, 0.05) is 13.1 Å². The lowest BCUT2D eigenvalue weighted by molar-refractivity contribution is -0.152. The van der Waals surface area contributed by atoms with Gasteiger partial charge in [-0.15, -0.1) is 0 Å². The second-order valence-electron chi connectivity index (χ2n) is 6.38. The summed E-state index contributed by atoms with van der Waals surface area (Å²) in [6.45, 7) is 1.08. The monoisotopic (exact) mass is 377 g/mol. The Bertz CT molecular complexity index is 670. The number of amides is 3. The van der Waals surface area contributed by atoms with E-state index in [1.54, 1.807) is 16.7 Å². The molecule has 0 bridgehead atoms. The van der Waals surface area contributed by atoms with Crippen LogP contribution in [-0.2, 0) is 20.9 Å². The van der Waals surface area contributed by atoms with Crippen molar-refractivity contribution in [2.24, 2.45) is 0 Å². The van der Waals surface area contributed by atoms with Gasteiger partial charge in [-0.05, 0) is 24.0 Å². The van der Waals surface area contributed by atoms with E-state index >= 15 is 0 Å². The highest BCUT2D eigenvalue weighted by molar-refractivity contribution is 7.98. The normalized spacial score (nSPS) is 22.7. The molecule has 2 heterocycles. The fourth-order valence-electron chi connectivity index (χ4n) is 3.21. The molecule has 0 saturated carbocycles. The van der Waals surface area contributed by atoms with Crippen molar-refractivity contribution >= 4 is 29.7 Å². The molecule has 3 amide bonds. The summed E-state index contributed by atoms with van der Waals surface area (Å²) in [5, 5.41) is 2.80. The zero-order valence-corrected chi connectivity index (χ0v) is 15.5. The zero-order chi connectivity index (χ0) is 18.5. The van der Waals surface area contributed by atoms with Crippen molar-refractivity contribution in [1.29, 1.82) is 0 Å². The van der Waals surface area contributed by atoms with Crippen LogP contribution in [0.5, 0.6) is 0 Å². The van der Waals surface area contributed by atoms with E-state index in [-0.39, 0.29) is 25.0 Å². The van der Waals surface area contributed by atoms with E-state index in [0.29, 0.717) is 19.5 Å². The molecule has 2 atom stereocenters. The quantitative estimate of drug-likeness (QED) is 0.831. The highest BCUT2D eigenvalue weighted by atomic mass is 32.2. The molecule has 1 aromatic carbocycles. The molecule has 2 saturated heterocycles. The molecule has 8 heteroatoms. The Balaban J connectivity index is 1.56. The summed E-state index contributed by atoms with van der Waals surface area (Å²) in [5.74, 6) is 0.560. The zero-order valence-electron chi connectivity index (χ0n) is 14.7. The Morgan fingerprint density at radius 2 is 2.04 bits per heavy atom. The molecule has 0 spiro atoms. The van der Waals surface area contributed by atoms with Gasteiger partial charge in [-0.2, -0.15) is 11.8 Å². The summed E-state index contributed by atoms with van der Waals surface area (Å²) in [4.78, 5) is 40.4. The van der Waals surface area contributed by atoms with Crippen molar-refractivity contribution < 1.29 is 19.1 Å². The molecule has 2 aliphatic heterocycles. The number of benzene rings is 1. The fraction of sp³-hybridized carbons (Fsp3) is 0.500. The topological polar surface area (TPSA) is 79.0 Å². The third kappa shape index (κ3) is 4.12. The van der Waals surface area contributed by atoms with Crippen molar-refractivity contribution in [3.05, 3.63) is 35.9 Å². The second-order valence-corrected chi connectivity index (χ2v) is 7.36. The molecule has 140 valence electrons. The molecule has 2 fully saturated rings. The Morgan fingerprint density at radius 3 is 2.77 bits per heavy atom. The average Bonchev–Trinajstić information content (AvgIpc) is 2.68. The molecule has 2 aliphatic rings. The van der Waals surface area contributed by atoms with E-state index in [2.05, 4.69) is 5.32 Å².